The highest BCUT2D eigenvalue weighted by Gasteiger charge is 2.36. The maximum atomic E-state index is 11.5. The minimum atomic E-state index is -0.416. The normalized spacial score (nSPS) is 23.5. The molecular formula is C16H20N4O. The molecule has 110 valence electrons. The molecule has 1 atom stereocenters. The molecule has 2 aromatic rings. The molecule has 5 nitrogen and oxygen atoms in total. The van der Waals surface area contributed by atoms with Crippen molar-refractivity contribution in [2.45, 2.75) is 44.2 Å². The van der Waals surface area contributed by atoms with Crippen molar-refractivity contribution in [2.75, 3.05) is 6.54 Å². The van der Waals surface area contributed by atoms with Crippen LogP contribution in [0.1, 0.15) is 54.3 Å². The van der Waals surface area contributed by atoms with Crippen molar-refractivity contribution < 1.29 is 4.79 Å². The van der Waals surface area contributed by atoms with Crippen molar-refractivity contribution in [1.82, 2.24) is 14.9 Å². The van der Waals surface area contributed by atoms with Gasteiger partial charge >= 0.3 is 0 Å². The van der Waals surface area contributed by atoms with Crippen LogP contribution in [-0.2, 0) is 0 Å². The van der Waals surface area contributed by atoms with Gasteiger partial charge in [0.15, 0.2) is 0 Å². The molecule has 5 heteroatoms. The van der Waals surface area contributed by atoms with Crippen LogP contribution < -0.4 is 5.73 Å². The lowest BCUT2D eigenvalue weighted by atomic mass is 9.91. The first kappa shape index (κ1) is 12.8. The van der Waals surface area contributed by atoms with E-state index in [1.807, 2.05) is 12.1 Å². The van der Waals surface area contributed by atoms with Gasteiger partial charge in [-0.25, -0.2) is 4.98 Å². The van der Waals surface area contributed by atoms with Gasteiger partial charge in [-0.05, 0) is 44.4 Å². The summed E-state index contributed by atoms with van der Waals surface area (Å²) < 4.78 is 0. The summed E-state index contributed by atoms with van der Waals surface area (Å²) in [5.74, 6) is 0.573. The molecule has 2 aliphatic rings. The van der Waals surface area contributed by atoms with Gasteiger partial charge in [0.25, 0.3) is 5.91 Å². The number of likely N-dealkylation sites (tertiary alicyclic amines) is 1. The SMILES string of the molecule is NC(=O)c1cccc2[nH]c([C@@H]3CCCN3C3CCC3)nc12. The Labute approximate surface area is 123 Å². The van der Waals surface area contributed by atoms with E-state index < -0.39 is 5.91 Å². The summed E-state index contributed by atoms with van der Waals surface area (Å²) in [6.07, 6.45) is 6.33. The first-order chi connectivity index (χ1) is 10.2. The molecule has 0 radical (unpaired) electrons. The third-order valence-corrected chi connectivity index (χ3v) is 4.95. The van der Waals surface area contributed by atoms with Crippen molar-refractivity contribution in [3.05, 3.63) is 29.6 Å². The fourth-order valence-electron chi connectivity index (χ4n) is 3.65. The van der Waals surface area contributed by atoms with Crippen molar-refractivity contribution in [3.63, 3.8) is 0 Å². The fraction of sp³-hybridized carbons (Fsp3) is 0.500. The standard InChI is InChI=1S/C16H20N4O/c17-15(21)11-6-2-7-12-14(11)19-16(18-12)13-8-3-9-20(13)10-4-1-5-10/h2,6-7,10,13H,1,3-5,8-9H2,(H2,17,21)(H,18,19)/t13-/m0/s1. The number of nitrogens with one attached hydrogen (secondary N) is 1. The Morgan fingerprint density at radius 3 is 2.86 bits per heavy atom. The predicted molar refractivity (Wildman–Crippen MR) is 80.9 cm³/mol. The molecule has 2 fully saturated rings. The maximum Gasteiger partial charge on any atom is 0.250 e. The Morgan fingerprint density at radius 1 is 1.29 bits per heavy atom. The second kappa shape index (κ2) is 4.84. The van der Waals surface area contributed by atoms with Crippen LogP contribution in [-0.4, -0.2) is 33.4 Å². The van der Waals surface area contributed by atoms with E-state index in [0.29, 0.717) is 17.1 Å². The number of nitrogens with zero attached hydrogens (tertiary/aromatic N) is 2. The summed E-state index contributed by atoms with van der Waals surface area (Å²) >= 11 is 0. The topological polar surface area (TPSA) is 75.0 Å². The lowest BCUT2D eigenvalue weighted by Crippen LogP contribution is -2.39. The van der Waals surface area contributed by atoms with Gasteiger partial charge in [-0.2, -0.15) is 0 Å². The monoisotopic (exact) mass is 284 g/mol. The number of carbonyl (C=O) groups excluding carboxylic acids is 1. The molecule has 1 amide bonds. The van der Waals surface area contributed by atoms with E-state index >= 15 is 0 Å². The Hall–Kier alpha value is -1.88. The molecule has 0 spiro atoms. The Bertz CT molecular complexity index is 689. The molecule has 0 unspecified atom stereocenters. The number of benzene rings is 1. The third-order valence-electron chi connectivity index (χ3n) is 4.95. The number of fused-ring (bicyclic) bond motifs is 1. The highest BCUT2D eigenvalue weighted by Crippen LogP contribution is 2.38. The quantitative estimate of drug-likeness (QED) is 0.908. The number of carbonyl (C=O) groups is 1. The molecule has 1 aromatic heterocycles. The van der Waals surface area contributed by atoms with Crippen LogP contribution in [0.15, 0.2) is 18.2 Å². The molecule has 2 heterocycles. The molecule has 1 saturated carbocycles. The van der Waals surface area contributed by atoms with Crippen LogP contribution in [0.2, 0.25) is 0 Å². The Balaban J connectivity index is 1.73. The van der Waals surface area contributed by atoms with Gasteiger partial charge in [-0.15, -0.1) is 0 Å². The van der Waals surface area contributed by atoms with Gasteiger partial charge in [0, 0.05) is 6.04 Å². The van der Waals surface area contributed by atoms with Crippen molar-refractivity contribution in [1.29, 1.82) is 0 Å². The average molecular weight is 284 g/mol. The van der Waals surface area contributed by atoms with Gasteiger partial charge < -0.3 is 10.7 Å². The summed E-state index contributed by atoms with van der Waals surface area (Å²) in [4.78, 5) is 22.2. The van der Waals surface area contributed by atoms with Crippen LogP contribution in [0.4, 0.5) is 0 Å². The second-order valence-corrected chi connectivity index (χ2v) is 6.17. The van der Waals surface area contributed by atoms with Crippen LogP contribution in [0.25, 0.3) is 11.0 Å². The molecule has 4 rings (SSSR count). The van der Waals surface area contributed by atoms with Crippen LogP contribution >= 0.6 is 0 Å². The van der Waals surface area contributed by atoms with E-state index in [-0.39, 0.29) is 0 Å². The second-order valence-electron chi connectivity index (χ2n) is 6.17. The van der Waals surface area contributed by atoms with Gasteiger partial charge in [0.05, 0.1) is 17.1 Å². The predicted octanol–water partition coefficient (Wildman–Crippen LogP) is 2.35. The average Bonchev–Trinajstić information content (AvgIpc) is 3.01. The maximum absolute atomic E-state index is 11.5. The molecule has 1 aliphatic carbocycles. The molecule has 1 aromatic carbocycles. The first-order valence-corrected chi connectivity index (χ1v) is 7.78. The number of nitrogens with two attached hydrogens (primary N) is 1. The van der Waals surface area contributed by atoms with E-state index in [2.05, 4.69) is 9.88 Å². The number of aromatic nitrogens is 2. The lowest BCUT2D eigenvalue weighted by molar-refractivity contribution is 0.100. The molecule has 3 N–H and O–H groups in total. The van der Waals surface area contributed by atoms with E-state index in [1.165, 1.54) is 25.7 Å². The number of para-hydroxylation sites is 1. The summed E-state index contributed by atoms with van der Waals surface area (Å²) in [6.45, 7) is 1.16. The zero-order valence-electron chi connectivity index (χ0n) is 12.0. The van der Waals surface area contributed by atoms with E-state index in [9.17, 15) is 4.79 Å². The Morgan fingerprint density at radius 2 is 2.14 bits per heavy atom. The van der Waals surface area contributed by atoms with E-state index in [0.717, 1.165) is 30.3 Å². The number of hydrogen-bond acceptors (Lipinski definition) is 3. The van der Waals surface area contributed by atoms with Crippen molar-refractivity contribution in [3.8, 4) is 0 Å². The number of primary amides is 1. The number of H-pyrrole nitrogens is 1. The Kier molecular flexibility index (Phi) is 2.96. The zero-order valence-corrected chi connectivity index (χ0v) is 12.0. The molecule has 1 aliphatic heterocycles. The summed E-state index contributed by atoms with van der Waals surface area (Å²) in [6, 6.07) is 6.64. The van der Waals surface area contributed by atoms with Gasteiger partial charge in [0.2, 0.25) is 0 Å². The van der Waals surface area contributed by atoms with Crippen LogP contribution in [0, 0.1) is 0 Å². The van der Waals surface area contributed by atoms with Crippen molar-refractivity contribution in [2.24, 2.45) is 5.73 Å². The fourth-order valence-corrected chi connectivity index (χ4v) is 3.65. The number of aromatic amines is 1. The smallest absolute Gasteiger partial charge is 0.250 e. The summed E-state index contributed by atoms with van der Waals surface area (Å²) in [5, 5.41) is 0. The number of amides is 1. The molecule has 1 saturated heterocycles. The third kappa shape index (κ3) is 2.03. The van der Waals surface area contributed by atoms with E-state index in [1.54, 1.807) is 6.07 Å². The van der Waals surface area contributed by atoms with Crippen molar-refractivity contribution >= 4 is 16.9 Å². The number of rotatable bonds is 3. The lowest BCUT2D eigenvalue weighted by Gasteiger charge is -2.37. The number of hydrogen-bond donors (Lipinski definition) is 2. The highest BCUT2D eigenvalue weighted by molar-refractivity contribution is 6.04. The highest BCUT2D eigenvalue weighted by atomic mass is 16.1. The molecule has 0 bridgehead atoms. The summed E-state index contributed by atoms with van der Waals surface area (Å²) in [7, 11) is 0. The molecule has 21 heavy (non-hydrogen) atoms. The largest absolute Gasteiger partial charge is 0.366 e. The van der Waals surface area contributed by atoms with E-state index in [4.69, 9.17) is 10.7 Å². The zero-order chi connectivity index (χ0) is 14.4. The first-order valence-electron chi connectivity index (χ1n) is 7.78. The summed E-state index contributed by atoms with van der Waals surface area (Å²) in [5.41, 5.74) is 7.56. The minimum Gasteiger partial charge on any atom is -0.366 e. The van der Waals surface area contributed by atoms with Gasteiger partial charge in [-0.3, -0.25) is 9.69 Å². The minimum absolute atomic E-state index is 0.364. The van der Waals surface area contributed by atoms with Crippen LogP contribution in [0.3, 0.4) is 0 Å². The number of imidazole rings is 1. The van der Waals surface area contributed by atoms with Gasteiger partial charge in [-0.1, -0.05) is 12.5 Å². The van der Waals surface area contributed by atoms with Gasteiger partial charge in [0.1, 0.15) is 11.3 Å². The molecular weight excluding hydrogens is 264 g/mol. The van der Waals surface area contributed by atoms with Crippen LogP contribution in [0.5, 0.6) is 0 Å².